The van der Waals surface area contributed by atoms with Gasteiger partial charge in [-0.1, -0.05) is 19.1 Å². The molecule has 0 bridgehead atoms. The Kier molecular flexibility index (Phi) is 6.22. The second-order valence-electron chi connectivity index (χ2n) is 6.35. The van der Waals surface area contributed by atoms with Crippen molar-refractivity contribution in [2.24, 2.45) is 11.8 Å². The summed E-state index contributed by atoms with van der Waals surface area (Å²) in [5.74, 6) is -0.237. The quantitative estimate of drug-likeness (QED) is 0.337. The molecule has 0 N–H and O–H groups in total. The van der Waals surface area contributed by atoms with Crippen molar-refractivity contribution < 1.29 is 23.4 Å². The normalized spacial score (nSPS) is 25.7. The van der Waals surface area contributed by atoms with Crippen molar-refractivity contribution >= 4 is 53.4 Å². The van der Waals surface area contributed by atoms with Crippen molar-refractivity contribution in [2.75, 3.05) is 6.61 Å². The molecule has 2 heterocycles. The lowest BCUT2D eigenvalue weighted by molar-refractivity contribution is -0.161. The average molecular weight is 507 g/mol. The van der Waals surface area contributed by atoms with E-state index in [2.05, 4.69) is 32.1 Å². The number of ether oxygens (including phenoxy) is 1. The molecule has 5 unspecified atom stereocenters. The number of carbonyl (C=O) groups is 2. The molecule has 2 aliphatic heterocycles. The highest BCUT2D eigenvalue weighted by Gasteiger charge is 2.60. The standard InChI is InChI=1S/C17H20INO5P2/c1-8-10(7-22-12-6-4-3-5-11(12)18)15(17(21)24-26)19-14(8)13(16(19)20)9(2)23-25/h3-6,8-9,13-14H,7,25-26H2,1-2H3/t8-,9?,13?,14?/m0/s1. The highest BCUT2D eigenvalue weighted by atomic mass is 127. The molecule has 140 valence electrons. The number of para-hydroxylation sites is 1. The highest BCUT2D eigenvalue weighted by molar-refractivity contribution is 14.1. The van der Waals surface area contributed by atoms with Gasteiger partial charge >= 0.3 is 5.97 Å². The zero-order valence-electron chi connectivity index (χ0n) is 14.3. The maximum Gasteiger partial charge on any atom is 0.357 e. The Labute approximate surface area is 170 Å². The third-order valence-corrected chi connectivity index (χ3v) is 6.57. The Morgan fingerprint density at radius 1 is 1.35 bits per heavy atom. The van der Waals surface area contributed by atoms with Crippen LogP contribution in [0.2, 0.25) is 0 Å². The molecule has 0 aliphatic carbocycles. The molecule has 0 saturated carbocycles. The van der Waals surface area contributed by atoms with E-state index in [0.29, 0.717) is 5.70 Å². The van der Waals surface area contributed by atoms with Gasteiger partial charge in [0.25, 0.3) is 0 Å². The number of β-lactam (4-membered cyclic amide) rings is 1. The summed E-state index contributed by atoms with van der Waals surface area (Å²) in [4.78, 5) is 26.5. The molecule has 6 atom stereocenters. The van der Waals surface area contributed by atoms with E-state index in [1.54, 1.807) is 0 Å². The molecule has 1 fully saturated rings. The number of benzene rings is 1. The molecular weight excluding hydrogens is 487 g/mol. The molecular formula is C17H20INO5P2. The van der Waals surface area contributed by atoms with Crippen LogP contribution >= 0.6 is 41.5 Å². The van der Waals surface area contributed by atoms with Gasteiger partial charge in [-0.3, -0.25) is 4.79 Å². The maximum absolute atomic E-state index is 12.6. The maximum atomic E-state index is 12.6. The van der Waals surface area contributed by atoms with E-state index < -0.39 is 5.97 Å². The minimum Gasteiger partial charge on any atom is -0.488 e. The second kappa shape index (κ2) is 8.09. The van der Waals surface area contributed by atoms with Crippen LogP contribution in [0.25, 0.3) is 0 Å². The molecule has 6 nitrogen and oxygen atoms in total. The van der Waals surface area contributed by atoms with Gasteiger partial charge in [0.05, 0.1) is 31.1 Å². The fourth-order valence-electron chi connectivity index (χ4n) is 3.67. The van der Waals surface area contributed by atoms with Gasteiger partial charge in [-0.05, 0) is 41.6 Å². The molecule has 0 spiro atoms. The van der Waals surface area contributed by atoms with Crippen LogP contribution in [0.3, 0.4) is 0 Å². The summed E-state index contributed by atoms with van der Waals surface area (Å²) in [5, 5.41) is 0. The second-order valence-corrected chi connectivity index (χ2v) is 8.02. The largest absolute Gasteiger partial charge is 0.488 e. The summed E-state index contributed by atoms with van der Waals surface area (Å²) >= 11 is 2.20. The van der Waals surface area contributed by atoms with Crippen LogP contribution in [0.4, 0.5) is 0 Å². The van der Waals surface area contributed by atoms with Crippen LogP contribution in [0.5, 0.6) is 5.75 Å². The Hall–Kier alpha value is -0.750. The van der Waals surface area contributed by atoms with E-state index in [1.165, 1.54) is 4.90 Å². The summed E-state index contributed by atoms with van der Waals surface area (Å²) in [6.45, 7) is 4.08. The van der Waals surface area contributed by atoms with Crippen LogP contribution in [0.1, 0.15) is 13.8 Å². The zero-order valence-corrected chi connectivity index (χ0v) is 18.8. The number of rotatable bonds is 6. The monoisotopic (exact) mass is 507 g/mol. The summed E-state index contributed by atoms with van der Waals surface area (Å²) in [7, 11) is 4.16. The Bertz CT molecular complexity index is 771. The van der Waals surface area contributed by atoms with Gasteiger partial charge in [0.2, 0.25) is 5.91 Å². The SMILES string of the molecule is CC(OP)C1C(=O)N2C(C(=O)OP)=C(COc3ccccc3I)[C@H](C)C12. The fourth-order valence-corrected chi connectivity index (χ4v) is 4.49. The molecule has 1 aromatic rings. The number of hydrogen-bond donors (Lipinski definition) is 0. The van der Waals surface area contributed by atoms with Gasteiger partial charge in [-0.25, -0.2) is 4.79 Å². The van der Waals surface area contributed by atoms with Gasteiger partial charge in [0.15, 0.2) is 0 Å². The van der Waals surface area contributed by atoms with Gasteiger partial charge in [-0.15, -0.1) is 0 Å². The number of amides is 1. The van der Waals surface area contributed by atoms with Gasteiger partial charge in [0.1, 0.15) is 18.1 Å². The van der Waals surface area contributed by atoms with Crippen LogP contribution < -0.4 is 4.74 Å². The molecule has 26 heavy (non-hydrogen) atoms. The topological polar surface area (TPSA) is 65.1 Å². The molecule has 1 amide bonds. The first-order valence-electron chi connectivity index (χ1n) is 8.12. The molecule has 0 radical (unpaired) electrons. The average Bonchev–Trinajstić information content (AvgIpc) is 2.89. The molecule has 9 heteroatoms. The van der Waals surface area contributed by atoms with E-state index in [1.807, 2.05) is 47.6 Å². The number of hydrogen-bond acceptors (Lipinski definition) is 5. The lowest BCUT2D eigenvalue weighted by Gasteiger charge is -2.47. The third-order valence-electron chi connectivity index (χ3n) is 5.04. The molecule has 1 saturated heterocycles. The van der Waals surface area contributed by atoms with Crippen molar-refractivity contribution in [3.8, 4) is 5.75 Å². The summed E-state index contributed by atoms with van der Waals surface area (Å²) < 4.78 is 17.1. The first kappa shape index (κ1) is 20.0. The van der Waals surface area contributed by atoms with E-state index in [4.69, 9.17) is 13.8 Å². The Morgan fingerprint density at radius 3 is 2.65 bits per heavy atom. The first-order chi connectivity index (χ1) is 12.4. The molecule has 3 rings (SSSR count). The molecule has 2 aliphatic rings. The number of nitrogens with zero attached hydrogens (tertiary/aromatic N) is 1. The zero-order chi connectivity index (χ0) is 19.0. The Balaban J connectivity index is 1.89. The van der Waals surface area contributed by atoms with Crippen LogP contribution in [-0.4, -0.2) is 35.5 Å². The summed E-state index contributed by atoms with van der Waals surface area (Å²) in [6.07, 6.45) is -0.250. The van der Waals surface area contributed by atoms with Gasteiger partial charge in [0, 0.05) is 21.0 Å². The van der Waals surface area contributed by atoms with E-state index in [9.17, 15) is 9.59 Å². The van der Waals surface area contributed by atoms with Gasteiger partial charge < -0.3 is 18.7 Å². The number of fused-ring (bicyclic) bond motifs is 1. The highest BCUT2D eigenvalue weighted by Crippen LogP contribution is 2.48. The summed E-state index contributed by atoms with van der Waals surface area (Å²) in [6, 6.07) is 7.54. The molecule has 1 aromatic carbocycles. The predicted octanol–water partition coefficient (Wildman–Crippen LogP) is 2.93. The smallest absolute Gasteiger partial charge is 0.357 e. The van der Waals surface area contributed by atoms with Crippen molar-refractivity contribution in [1.82, 2.24) is 4.90 Å². The molecule has 0 aromatic heterocycles. The fraction of sp³-hybridized carbons (Fsp3) is 0.412. The first-order valence-corrected chi connectivity index (χ1v) is 10.1. The van der Waals surface area contributed by atoms with Crippen molar-refractivity contribution in [2.45, 2.75) is 26.0 Å². The van der Waals surface area contributed by atoms with E-state index in [-0.39, 0.29) is 36.5 Å². The minimum atomic E-state index is -0.544. The Morgan fingerprint density at radius 2 is 2.04 bits per heavy atom. The van der Waals surface area contributed by atoms with E-state index >= 15 is 0 Å². The van der Waals surface area contributed by atoms with Crippen LogP contribution in [0, 0.1) is 15.4 Å². The number of halogens is 1. The van der Waals surface area contributed by atoms with Gasteiger partial charge in [-0.2, -0.15) is 0 Å². The van der Waals surface area contributed by atoms with Crippen molar-refractivity contribution in [1.29, 1.82) is 0 Å². The third kappa shape index (κ3) is 3.28. The van der Waals surface area contributed by atoms with Crippen molar-refractivity contribution in [3.05, 3.63) is 39.1 Å². The number of carbonyl (C=O) groups excluding carboxylic acids is 2. The minimum absolute atomic E-state index is 0.0271. The predicted molar refractivity (Wildman–Crippen MR) is 111 cm³/mol. The van der Waals surface area contributed by atoms with Crippen LogP contribution in [-0.2, 0) is 18.6 Å². The van der Waals surface area contributed by atoms with Crippen molar-refractivity contribution in [3.63, 3.8) is 0 Å². The summed E-state index contributed by atoms with van der Waals surface area (Å²) in [5.41, 5.74) is 1.06. The lowest BCUT2D eigenvalue weighted by atomic mass is 9.78. The lowest BCUT2D eigenvalue weighted by Crippen LogP contribution is -2.63. The van der Waals surface area contributed by atoms with E-state index in [0.717, 1.165) is 14.9 Å². The van der Waals surface area contributed by atoms with Crippen LogP contribution in [0.15, 0.2) is 35.5 Å².